The van der Waals surface area contributed by atoms with Gasteiger partial charge in [-0.2, -0.15) is 0 Å². The molecule has 1 aromatic carbocycles. The summed E-state index contributed by atoms with van der Waals surface area (Å²) in [5, 5.41) is 3.31. The van der Waals surface area contributed by atoms with Gasteiger partial charge in [-0.05, 0) is 31.5 Å². The largest absolute Gasteiger partial charge is 0.379 e. The van der Waals surface area contributed by atoms with Gasteiger partial charge in [0, 0.05) is 39.3 Å². The molecule has 1 fully saturated rings. The summed E-state index contributed by atoms with van der Waals surface area (Å²) in [4.78, 5) is 9.20. The van der Waals surface area contributed by atoms with Gasteiger partial charge < -0.3 is 15.0 Å². The van der Waals surface area contributed by atoms with Gasteiger partial charge >= 0.3 is 0 Å². The number of guanidine groups is 1. The number of aliphatic imine (C=N–C) groups is 1. The lowest BCUT2D eigenvalue weighted by Crippen LogP contribution is -2.44. The van der Waals surface area contributed by atoms with Crippen LogP contribution < -0.4 is 5.32 Å². The molecule has 0 amide bonds. The van der Waals surface area contributed by atoms with E-state index in [0.29, 0.717) is 12.6 Å². The van der Waals surface area contributed by atoms with E-state index < -0.39 is 0 Å². The van der Waals surface area contributed by atoms with Crippen molar-refractivity contribution in [1.29, 1.82) is 0 Å². The fourth-order valence-electron chi connectivity index (χ4n) is 2.81. The molecule has 1 unspecified atom stereocenters. The highest BCUT2D eigenvalue weighted by molar-refractivity contribution is 14.0. The number of benzene rings is 1. The van der Waals surface area contributed by atoms with Crippen LogP contribution in [0.2, 0.25) is 0 Å². The third-order valence-electron chi connectivity index (χ3n) is 4.18. The van der Waals surface area contributed by atoms with Gasteiger partial charge in [-0.15, -0.1) is 24.0 Å². The van der Waals surface area contributed by atoms with Crippen molar-refractivity contribution in [3.63, 3.8) is 0 Å². The lowest BCUT2D eigenvalue weighted by atomic mass is 10.2. The summed E-state index contributed by atoms with van der Waals surface area (Å²) in [6.45, 7) is 9.94. The lowest BCUT2D eigenvalue weighted by molar-refractivity contribution is 0.0220. The van der Waals surface area contributed by atoms with Crippen molar-refractivity contribution in [3.05, 3.63) is 35.6 Å². The summed E-state index contributed by atoms with van der Waals surface area (Å²) in [6, 6.07) is 7.08. The zero-order valence-electron chi connectivity index (χ0n) is 15.4. The number of rotatable bonds is 6. The molecule has 1 aliphatic rings. The minimum Gasteiger partial charge on any atom is -0.379 e. The highest BCUT2D eigenvalue weighted by atomic mass is 127. The standard InChI is InChI=1S/C18H29FN4O.HI/c1-4-20-18(21-13-15(2)23-8-10-24-11-9-23)22(3)14-16-6-5-7-17(19)12-16;/h5-7,12,15H,4,8-11,13-14H2,1-3H3,(H,20,21);1H. The van der Waals surface area contributed by atoms with Crippen molar-refractivity contribution in [2.75, 3.05) is 46.4 Å². The van der Waals surface area contributed by atoms with Gasteiger partial charge in [-0.1, -0.05) is 12.1 Å². The van der Waals surface area contributed by atoms with E-state index in [1.54, 1.807) is 12.1 Å². The SMILES string of the molecule is CCNC(=NCC(C)N1CCOCC1)N(C)Cc1cccc(F)c1.I. The molecule has 1 aromatic rings. The van der Waals surface area contributed by atoms with Crippen molar-refractivity contribution in [3.8, 4) is 0 Å². The average molecular weight is 464 g/mol. The molecule has 0 aliphatic carbocycles. The Morgan fingerprint density at radius 3 is 2.76 bits per heavy atom. The van der Waals surface area contributed by atoms with Crippen LogP contribution in [0.15, 0.2) is 29.3 Å². The minimum atomic E-state index is -0.205. The molecule has 25 heavy (non-hydrogen) atoms. The number of nitrogens with one attached hydrogen (secondary N) is 1. The van der Waals surface area contributed by atoms with Crippen molar-refractivity contribution >= 4 is 29.9 Å². The van der Waals surface area contributed by atoms with E-state index in [1.807, 2.05) is 18.0 Å². The number of halogens is 2. The van der Waals surface area contributed by atoms with Crippen molar-refractivity contribution < 1.29 is 9.13 Å². The van der Waals surface area contributed by atoms with Gasteiger partial charge in [-0.3, -0.25) is 9.89 Å². The van der Waals surface area contributed by atoms with E-state index in [9.17, 15) is 4.39 Å². The molecule has 5 nitrogen and oxygen atoms in total. The normalized spacial score (nSPS) is 16.9. The van der Waals surface area contributed by atoms with Crippen molar-refractivity contribution in [2.24, 2.45) is 4.99 Å². The van der Waals surface area contributed by atoms with E-state index in [1.165, 1.54) is 6.07 Å². The predicted molar refractivity (Wildman–Crippen MR) is 111 cm³/mol. The van der Waals surface area contributed by atoms with E-state index in [4.69, 9.17) is 9.73 Å². The molecule has 2 rings (SSSR count). The van der Waals surface area contributed by atoms with Gasteiger partial charge in [0.15, 0.2) is 5.96 Å². The first-order chi connectivity index (χ1) is 11.6. The Labute approximate surface area is 167 Å². The van der Waals surface area contributed by atoms with Crippen molar-refractivity contribution in [1.82, 2.24) is 15.1 Å². The third kappa shape index (κ3) is 7.45. The first-order valence-electron chi connectivity index (χ1n) is 8.66. The molecule has 142 valence electrons. The first-order valence-corrected chi connectivity index (χ1v) is 8.66. The topological polar surface area (TPSA) is 40.1 Å². The third-order valence-corrected chi connectivity index (χ3v) is 4.18. The second-order valence-corrected chi connectivity index (χ2v) is 6.18. The molecule has 1 saturated heterocycles. The van der Waals surface area contributed by atoms with Crippen LogP contribution in [-0.2, 0) is 11.3 Å². The molecule has 1 atom stereocenters. The van der Waals surface area contributed by atoms with Crippen molar-refractivity contribution in [2.45, 2.75) is 26.4 Å². The molecular formula is C18H30FIN4O. The zero-order valence-corrected chi connectivity index (χ0v) is 17.7. The monoisotopic (exact) mass is 464 g/mol. The van der Waals surface area contributed by atoms with Crippen LogP contribution in [0.5, 0.6) is 0 Å². The van der Waals surface area contributed by atoms with E-state index in [-0.39, 0.29) is 29.8 Å². The zero-order chi connectivity index (χ0) is 17.4. The van der Waals surface area contributed by atoms with Gasteiger partial charge in [0.2, 0.25) is 0 Å². The number of ether oxygens (including phenoxy) is 1. The van der Waals surface area contributed by atoms with Gasteiger partial charge in [-0.25, -0.2) is 4.39 Å². The Hall–Kier alpha value is -0.930. The predicted octanol–water partition coefficient (Wildman–Crippen LogP) is 2.56. The Morgan fingerprint density at radius 1 is 1.40 bits per heavy atom. The number of nitrogens with zero attached hydrogens (tertiary/aromatic N) is 3. The molecule has 0 saturated carbocycles. The van der Waals surface area contributed by atoms with Crippen LogP contribution >= 0.6 is 24.0 Å². The van der Waals surface area contributed by atoms with Gasteiger partial charge in [0.25, 0.3) is 0 Å². The Balaban J connectivity index is 0.00000312. The molecule has 1 N–H and O–H groups in total. The molecule has 0 aromatic heterocycles. The number of hydrogen-bond acceptors (Lipinski definition) is 3. The van der Waals surface area contributed by atoms with Crippen LogP contribution in [0, 0.1) is 5.82 Å². The summed E-state index contributed by atoms with van der Waals surface area (Å²) >= 11 is 0. The summed E-state index contributed by atoms with van der Waals surface area (Å²) in [6.07, 6.45) is 0. The fourth-order valence-corrected chi connectivity index (χ4v) is 2.81. The van der Waals surface area contributed by atoms with Gasteiger partial charge in [0.05, 0.1) is 19.8 Å². The fraction of sp³-hybridized carbons (Fsp3) is 0.611. The first kappa shape index (κ1) is 22.1. The van der Waals surface area contributed by atoms with Crippen LogP contribution in [0.1, 0.15) is 19.4 Å². The minimum absolute atomic E-state index is 0. The highest BCUT2D eigenvalue weighted by Gasteiger charge is 2.17. The Morgan fingerprint density at radius 2 is 2.12 bits per heavy atom. The maximum Gasteiger partial charge on any atom is 0.194 e. The van der Waals surface area contributed by atoms with E-state index in [0.717, 1.165) is 50.9 Å². The second kappa shape index (κ2) is 11.6. The molecule has 7 heteroatoms. The molecule has 0 radical (unpaired) electrons. The van der Waals surface area contributed by atoms with Crippen LogP contribution in [0.25, 0.3) is 0 Å². The quantitative estimate of drug-likeness (QED) is 0.399. The maximum absolute atomic E-state index is 13.3. The van der Waals surface area contributed by atoms with Gasteiger partial charge in [0.1, 0.15) is 5.82 Å². The molecule has 1 aliphatic heterocycles. The maximum atomic E-state index is 13.3. The van der Waals surface area contributed by atoms with Crippen LogP contribution in [0.4, 0.5) is 4.39 Å². The summed E-state index contributed by atoms with van der Waals surface area (Å²) in [5.41, 5.74) is 0.935. The second-order valence-electron chi connectivity index (χ2n) is 6.18. The number of hydrogen-bond donors (Lipinski definition) is 1. The van der Waals surface area contributed by atoms with Crippen LogP contribution in [-0.4, -0.2) is 68.2 Å². The van der Waals surface area contributed by atoms with Crippen LogP contribution in [0.3, 0.4) is 0 Å². The van der Waals surface area contributed by atoms with E-state index in [2.05, 4.69) is 24.1 Å². The summed E-state index contributed by atoms with van der Waals surface area (Å²) < 4.78 is 18.7. The summed E-state index contributed by atoms with van der Waals surface area (Å²) in [5.74, 6) is 0.644. The highest BCUT2D eigenvalue weighted by Crippen LogP contribution is 2.07. The smallest absolute Gasteiger partial charge is 0.194 e. The average Bonchev–Trinajstić information content (AvgIpc) is 2.59. The Kier molecular flexibility index (Phi) is 10.3. The number of morpholine rings is 1. The summed E-state index contributed by atoms with van der Waals surface area (Å²) in [7, 11) is 1.98. The molecule has 1 heterocycles. The molecular weight excluding hydrogens is 434 g/mol. The molecule has 0 bridgehead atoms. The molecule has 0 spiro atoms. The Bertz CT molecular complexity index is 538. The lowest BCUT2D eigenvalue weighted by Gasteiger charge is -2.32. The van der Waals surface area contributed by atoms with E-state index >= 15 is 0 Å².